The van der Waals surface area contributed by atoms with E-state index in [1.807, 2.05) is 6.07 Å². The average Bonchev–Trinajstić information content (AvgIpc) is 3.48. The summed E-state index contributed by atoms with van der Waals surface area (Å²) in [5.41, 5.74) is 15.1. The fourth-order valence-electron chi connectivity index (χ4n) is 8.37. The highest BCUT2D eigenvalue weighted by Gasteiger charge is 2.42. The molecule has 1 aromatic heterocycles. The topological polar surface area (TPSA) is 25.8 Å². The molecule has 0 N–H and O–H groups in total. The van der Waals surface area contributed by atoms with E-state index < -0.39 is 8.07 Å². The summed E-state index contributed by atoms with van der Waals surface area (Å²) in [6.45, 7) is 4.92. The Morgan fingerprint density at radius 1 is 0.327 bits per heavy atom. The molecule has 0 saturated carbocycles. The van der Waals surface area contributed by atoms with Gasteiger partial charge >= 0.3 is 0 Å². The highest BCUT2D eigenvalue weighted by molar-refractivity contribution is 7.04. The molecule has 0 saturated heterocycles. The van der Waals surface area contributed by atoms with Crippen LogP contribution < -0.4 is 10.4 Å². The number of rotatable bonds is 6. The van der Waals surface area contributed by atoms with E-state index in [0.29, 0.717) is 0 Å². The number of hydrogen-bond donors (Lipinski definition) is 0. The third-order valence-corrected chi connectivity index (χ3v) is 14.7. The molecule has 2 nitrogen and oxygen atoms in total. The first-order valence-electron chi connectivity index (χ1n) is 19.0. The van der Waals surface area contributed by atoms with Gasteiger partial charge in [-0.15, -0.1) is 0 Å². The van der Waals surface area contributed by atoms with E-state index in [-0.39, 0.29) is 0 Å². The zero-order chi connectivity index (χ0) is 36.9. The number of fused-ring (bicyclic) bond motifs is 4. The molecule has 1 aliphatic rings. The minimum absolute atomic E-state index is 0.764. The van der Waals surface area contributed by atoms with Gasteiger partial charge < -0.3 is 0 Å². The first-order valence-corrected chi connectivity index (χ1v) is 22.0. The molecule has 0 unspecified atom stereocenters. The Labute approximate surface area is 323 Å². The maximum Gasteiger partial charge on any atom is 0.160 e. The first-order chi connectivity index (χ1) is 27.0. The molecule has 0 radical (unpaired) electrons. The molecule has 55 heavy (non-hydrogen) atoms. The average molecular weight is 719 g/mol. The molecular weight excluding hydrogens is 681 g/mol. The van der Waals surface area contributed by atoms with Gasteiger partial charge in [-0.25, -0.2) is 9.97 Å². The molecule has 0 spiro atoms. The van der Waals surface area contributed by atoms with E-state index in [9.17, 15) is 0 Å². The zero-order valence-electron chi connectivity index (χ0n) is 30.9. The van der Waals surface area contributed by atoms with Gasteiger partial charge in [0.1, 0.15) is 8.07 Å². The Kier molecular flexibility index (Phi) is 7.97. The van der Waals surface area contributed by atoms with Gasteiger partial charge in [0.2, 0.25) is 0 Å². The van der Waals surface area contributed by atoms with Crippen LogP contribution in [0.5, 0.6) is 0 Å². The summed E-state index contributed by atoms with van der Waals surface area (Å²) in [5, 5.41) is 5.26. The predicted molar refractivity (Wildman–Crippen MR) is 234 cm³/mol. The van der Waals surface area contributed by atoms with Crippen molar-refractivity contribution >= 4 is 29.2 Å². The molecule has 0 bridgehead atoms. The van der Waals surface area contributed by atoms with Crippen molar-refractivity contribution in [3.8, 4) is 78.4 Å². The second-order valence-electron chi connectivity index (χ2n) is 15.0. The third-order valence-electron chi connectivity index (χ3n) is 11.2. The SMILES string of the molecule is C[Si]1(C)c2cc3ccccc3cc2-c2nc(-c3ccccc3)nc(-c3cccc(-c4cccc(-c5cc(-c6ccccc6)cc(-c6ccccc6)c5)c4)c3)c21. The summed E-state index contributed by atoms with van der Waals surface area (Å²) in [7, 11) is -2.19. The van der Waals surface area contributed by atoms with Crippen molar-refractivity contribution in [2.24, 2.45) is 0 Å². The molecule has 1 aliphatic heterocycles. The third kappa shape index (κ3) is 5.90. The molecular formula is C52H38N2Si. The van der Waals surface area contributed by atoms with Gasteiger partial charge in [-0.2, -0.15) is 0 Å². The van der Waals surface area contributed by atoms with Gasteiger partial charge in [-0.05, 0) is 102 Å². The van der Waals surface area contributed by atoms with Gasteiger partial charge in [0.05, 0.1) is 11.4 Å². The Morgan fingerprint density at radius 2 is 0.727 bits per heavy atom. The molecule has 2 heterocycles. The van der Waals surface area contributed by atoms with Gasteiger partial charge in [-0.1, -0.05) is 171 Å². The molecule has 8 aromatic carbocycles. The lowest BCUT2D eigenvalue weighted by Crippen LogP contribution is -2.50. The van der Waals surface area contributed by atoms with Crippen LogP contribution in [0, 0.1) is 0 Å². The van der Waals surface area contributed by atoms with Gasteiger partial charge in [0.15, 0.2) is 5.82 Å². The fraction of sp³-hybridized carbons (Fsp3) is 0.0385. The van der Waals surface area contributed by atoms with Crippen LogP contribution in [-0.4, -0.2) is 18.0 Å². The maximum atomic E-state index is 5.43. The monoisotopic (exact) mass is 718 g/mol. The van der Waals surface area contributed by atoms with Crippen LogP contribution in [0.25, 0.3) is 89.2 Å². The molecule has 260 valence electrons. The number of benzene rings is 8. The lowest BCUT2D eigenvalue weighted by molar-refractivity contribution is 1.20. The van der Waals surface area contributed by atoms with Crippen LogP contribution in [0.15, 0.2) is 194 Å². The standard InChI is InChI=1S/C52H38N2Si/c1-55(2)48-34-42-23-13-12-22-41(42)33-47(48)50-51(55)49(53-52(54-50)37-20-10-5-11-21-37)43-27-15-25-39(29-43)38-24-14-26-40(28-38)46-31-44(35-16-6-3-7-17-35)30-45(32-46)36-18-8-4-9-19-36/h3-34H,1-2H3. The van der Waals surface area contributed by atoms with Gasteiger partial charge in [-0.3, -0.25) is 0 Å². The molecule has 0 atom stereocenters. The van der Waals surface area contributed by atoms with E-state index >= 15 is 0 Å². The predicted octanol–water partition coefficient (Wildman–Crippen LogP) is 12.4. The summed E-state index contributed by atoms with van der Waals surface area (Å²) in [5.74, 6) is 0.764. The van der Waals surface area contributed by atoms with Crippen LogP contribution in [0.3, 0.4) is 0 Å². The van der Waals surface area contributed by atoms with Gasteiger partial charge in [0, 0.05) is 16.7 Å². The second kappa shape index (κ2) is 13.3. The summed E-state index contributed by atoms with van der Waals surface area (Å²) in [4.78, 5) is 10.8. The Balaban J connectivity index is 1.11. The molecule has 10 rings (SSSR count). The van der Waals surface area contributed by atoms with E-state index in [2.05, 4.69) is 201 Å². The summed E-state index contributed by atoms with van der Waals surface area (Å²) in [6.07, 6.45) is 0. The summed E-state index contributed by atoms with van der Waals surface area (Å²) >= 11 is 0. The van der Waals surface area contributed by atoms with Crippen molar-refractivity contribution in [2.45, 2.75) is 13.1 Å². The Bertz CT molecular complexity index is 2820. The minimum Gasteiger partial charge on any atom is -0.228 e. The number of nitrogens with zero attached hydrogens (tertiary/aromatic N) is 2. The van der Waals surface area contributed by atoms with E-state index in [4.69, 9.17) is 9.97 Å². The lowest BCUT2D eigenvalue weighted by atomic mass is 9.92. The van der Waals surface area contributed by atoms with Crippen molar-refractivity contribution in [3.63, 3.8) is 0 Å². The highest BCUT2D eigenvalue weighted by atomic mass is 28.3. The summed E-state index contributed by atoms with van der Waals surface area (Å²) < 4.78 is 0. The quantitative estimate of drug-likeness (QED) is 0.160. The number of hydrogen-bond acceptors (Lipinski definition) is 2. The zero-order valence-corrected chi connectivity index (χ0v) is 31.9. The maximum absolute atomic E-state index is 5.43. The highest BCUT2D eigenvalue weighted by Crippen LogP contribution is 2.38. The minimum atomic E-state index is -2.19. The van der Waals surface area contributed by atoms with Crippen LogP contribution in [0.2, 0.25) is 13.1 Å². The van der Waals surface area contributed by atoms with Crippen molar-refractivity contribution in [3.05, 3.63) is 194 Å². The van der Waals surface area contributed by atoms with Crippen LogP contribution in [0.4, 0.5) is 0 Å². The first kappa shape index (κ1) is 32.9. The van der Waals surface area contributed by atoms with Crippen molar-refractivity contribution in [2.75, 3.05) is 0 Å². The smallest absolute Gasteiger partial charge is 0.160 e. The molecule has 0 fully saturated rings. The molecule has 0 aliphatic carbocycles. The fourth-order valence-corrected chi connectivity index (χ4v) is 11.6. The molecule has 0 amide bonds. The van der Waals surface area contributed by atoms with Crippen molar-refractivity contribution in [1.29, 1.82) is 0 Å². The van der Waals surface area contributed by atoms with Crippen LogP contribution >= 0.6 is 0 Å². The van der Waals surface area contributed by atoms with Crippen molar-refractivity contribution in [1.82, 2.24) is 9.97 Å². The van der Waals surface area contributed by atoms with Crippen molar-refractivity contribution < 1.29 is 0 Å². The largest absolute Gasteiger partial charge is 0.228 e. The normalized spacial score (nSPS) is 12.7. The summed E-state index contributed by atoms with van der Waals surface area (Å²) in [6, 6.07) is 70.1. The van der Waals surface area contributed by atoms with E-state index in [0.717, 1.165) is 33.9 Å². The molecule has 3 heteroatoms. The Morgan fingerprint density at radius 3 is 1.31 bits per heavy atom. The van der Waals surface area contributed by atoms with E-state index in [1.165, 1.54) is 65.7 Å². The van der Waals surface area contributed by atoms with Crippen LogP contribution in [-0.2, 0) is 0 Å². The number of aromatic nitrogens is 2. The van der Waals surface area contributed by atoms with E-state index in [1.54, 1.807) is 0 Å². The molecule has 9 aromatic rings. The lowest BCUT2D eigenvalue weighted by Gasteiger charge is -2.22. The van der Waals surface area contributed by atoms with Crippen LogP contribution in [0.1, 0.15) is 0 Å². The van der Waals surface area contributed by atoms with Gasteiger partial charge in [0.25, 0.3) is 0 Å². The second-order valence-corrected chi connectivity index (χ2v) is 19.3. The Hall–Kier alpha value is -6.68.